The first-order chi connectivity index (χ1) is 10.3. The molecule has 0 aliphatic carbocycles. The fourth-order valence-corrected chi connectivity index (χ4v) is 4.18. The average molecular weight is 322 g/mol. The zero-order valence-corrected chi connectivity index (χ0v) is 13.5. The Hall–Kier alpha value is -1.18. The van der Waals surface area contributed by atoms with Crippen molar-refractivity contribution in [3.63, 3.8) is 0 Å². The van der Waals surface area contributed by atoms with E-state index in [1.54, 1.807) is 29.3 Å². The van der Waals surface area contributed by atoms with Crippen LogP contribution in [0.15, 0.2) is 28.9 Å². The molecule has 21 heavy (non-hydrogen) atoms. The summed E-state index contributed by atoms with van der Waals surface area (Å²) in [5, 5.41) is 12.9. The van der Waals surface area contributed by atoms with Gasteiger partial charge in [-0.3, -0.25) is 4.98 Å². The van der Waals surface area contributed by atoms with E-state index in [1.165, 1.54) is 5.56 Å². The van der Waals surface area contributed by atoms with Gasteiger partial charge < -0.3 is 10.1 Å². The van der Waals surface area contributed by atoms with Crippen molar-refractivity contribution in [1.82, 2.24) is 15.2 Å². The molecule has 0 saturated carbocycles. The number of aromatic nitrogens is 3. The highest BCUT2D eigenvalue weighted by Crippen LogP contribution is 2.36. The van der Waals surface area contributed by atoms with Gasteiger partial charge in [-0.25, -0.2) is 0 Å². The van der Waals surface area contributed by atoms with Crippen LogP contribution in [-0.2, 0) is 4.74 Å². The number of nitrogens with zero attached hydrogens (tertiary/aromatic N) is 3. The van der Waals surface area contributed by atoms with Crippen molar-refractivity contribution < 1.29 is 4.74 Å². The summed E-state index contributed by atoms with van der Waals surface area (Å²) in [4.78, 5) is 4.15. The molecular formula is C14H18N4OS2. The third kappa shape index (κ3) is 4.15. The summed E-state index contributed by atoms with van der Waals surface area (Å²) in [6.45, 7) is 3.85. The lowest BCUT2D eigenvalue weighted by Crippen LogP contribution is -2.18. The van der Waals surface area contributed by atoms with Crippen LogP contribution < -0.4 is 5.32 Å². The number of rotatable bonds is 6. The molecule has 0 bridgehead atoms. The molecule has 5 nitrogen and oxygen atoms in total. The van der Waals surface area contributed by atoms with Crippen molar-refractivity contribution in [2.24, 2.45) is 0 Å². The van der Waals surface area contributed by atoms with Gasteiger partial charge in [0, 0.05) is 30.8 Å². The highest BCUT2D eigenvalue weighted by atomic mass is 32.2. The summed E-state index contributed by atoms with van der Waals surface area (Å²) in [6.07, 6.45) is 6.30. The molecule has 0 amide bonds. The van der Waals surface area contributed by atoms with Crippen LogP contribution in [0, 0.1) is 0 Å². The first-order valence-electron chi connectivity index (χ1n) is 7.07. The highest BCUT2D eigenvalue weighted by Gasteiger charge is 2.16. The Morgan fingerprint density at radius 1 is 1.52 bits per heavy atom. The molecule has 2 aromatic rings. The minimum absolute atomic E-state index is 0.317. The summed E-state index contributed by atoms with van der Waals surface area (Å²) < 4.78 is 6.56. The Morgan fingerprint density at radius 3 is 3.24 bits per heavy atom. The molecule has 0 aromatic carbocycles. The molecule has 0 radical (unpaired) electrons. The van der Waals surface area contributed by atoms with Crippen LogP contribution in [0.25, 0.3) is 0 Å². The Morgan fingerprint density at radius 2 is 2.48 bits per heavy atom. The standard InChI is InChI=1S/C14H18N4OS2/c1-10(11-4-2-6-15-8-11)20-14-18-17-13(21-14)16-9-12-5-3-7-19-12/h2,4,6,8,10,12H,3,5,7,9H2,1H3,(H,16,17)/t10-,12+/m0/s1. The van der Waals surface area contributed by atoms with Gasteiger partial charge in [-0.15, -0.1) is 10.2 Å². The lowest BCUT2D eigenvalue weighted by molar-refractivity contribution is 0.120. The molecule has 0 spiro atoms. The number of hydrogen-bond donors (Lipinski definition) is 1. The normalized spacial score (nSPS) is 19.6. The second-order valence-corrected chi connectivity index (χ2v) is 7.50. The Bertz CT molecular complexity index is 557. The molecule has 7 heteroatoms. The van der Waals surface area contributed by atoms with Gasteiger partial charge in [0.25, 0.3) is 0 Å². The molecule has 2 atom stereocenters. The van der Waals surface area contributed by atoms with Gasteiger partial charge in [-0.1, -0.05) is 29.2 Å². The Kier molecular flexibility index (Phi) is 5.05. The first-order valence-corrected chi connectivity index (χ1v) is 8.76. The zero-order valence-electron chi connectivity index (χ0n) is 11.9. The first kappa shape index (κ1) is 14.7. The van der Waals surface area contributed by atoms with E-state index in [-0.39, 0.29) is 0 Å². The number of ether oxygens (including phenoxy) is 1. The van der Waals surface area contributed by atoms with E-state index in [9.17, 15) is 0 Å². The molecule has 0 unspecified atom stereocenters. The number of hydrogen-bond acceptors (Lipinski definition) is 7. The predicted molar refractivity (Wildman–Crippen MR) is 85.9 cm³/mol. The van der Waals surface area contributed by atoms with Gasteiger partial charge in [-0.05, 0) is 31.4 Å². The van der Waals surface area contributed by atoms with Crippen molar-refractivity contribution in [2.45, 2.75) is 35.5 Å². The van der Waals surface area contributed by atoms with Crippen LogP contribution in [-0.4, -0.2) is 34.4 Å². The molecule has 2 aromatic heterocycles. The highest BCUT2D eigenvalue weighted by molar-refractivity contribution is 8.01. The Labute approximate surface area is 132 Å². The minimum Gasteiger partial charge on any atom is -0.376 e. The van der Waals surface area contributed by atoms with Crippen molar-refractivity contribution in [1.29, 1.82) is 0 Å². The number of anilines is 1. The zero-order chi connectivity index (χ0) is 14.5. The summed E-state index contributed by atoms with van der Waals surface area (Å²) in [5.41, 5.74) is 1.20. The average Bonchev–Trinajstić information content (AvgIpc) is 3.17. The van der Waals surface area contributed by atoms with Gasteiger partial charge in [0.05, 0.1) is 6.10 Å². The molecule has 3 heterocycles. The molecule has 112 valence electrons. The van der Waals surface area contributed by atoms with Crippen molar-refractivity contribution in [2.75, 3.05) is 18.5 Å². The van der Waals surface area contributed by atoms with Gasteiger partial charge >= 0.3 is 0 Å². The number of nitrogens with one attached hydrogen (secondary N) is 1. The van der Waals surface area contributed by atoms with Crippen LogP contribution in [0.1, 0.15) is 30.6 Å². The predicted octanol–water partition coefficient (Wildman–Crippen LogP) is 3.38. The quantitative estimate of drug-likeness (QED) is 0.823. The lowest BCUT2D eigenvalue weighted by Gasteiger charge is -2.09. The topological polar surface area (TPSA) is 59.9 Å². The van der Waals surface area contributed by atoms with E-state index in [2.05, 4.69) is 33.5 Å². The van der Waals surface area contributed by atoms with E-state index in [0.29, 0.717) is 11.4 Å². The smallest absolute Gasteiger partial charge is 0.206 e. The molecule has 1 fully saturated rings. The van der Waals surface area contributed by atoms with Crippen molar-refractivity contribution in [3.8, 4) is 0 Å². The maximum Gasteiger partial charge on any atom is 0.206 e. The van der Waals surface area contributed by atoms with Crippen molar-refractivity contribution >= 4 is 28.2 Å². The molecule has 1 saturated heterocycles. The summed E-state index contributed by atoms with van der Waals surface area (Å²) in [7, 11) is 0. The van der Waals surface area contributed by atoms with Crippen LogP contribution in [0.5, 0.6) is 0 Å². The molecule has 1 aliphatic heterocycles. The Balaban J connectivity index is 1.52. The van der Waals surface area contributed by atoms with Crippen LogP contribution in [0.4, 0.5) is 5.13 Å². The summed E-state index contributed by atoms with van der Waals surface area (Å²) in [6, 6.07) is 4.05. The minimum atomic E-state index is 0.317. The number of thioether (sulfide) groups is 1. The molecule has 3 rings (SSSR count). The van der Waals surface area contributed by atoms with Gasteiger partial charge in [0.15, 0.2) is 4.34 Å². The SMILES string of the molecule is C[C@H](Sc1nnc(NC[C@H]2CCCO2)s1)c1cccnc1. The molecule has 1 N–H and O–H groups in total. The molecular weight excluding hydrogens is 304 g/mol. The third-order valence-electron chi connectivity index (χ3n) is 3.34. The van der Waals surface area contributed by atoms with Crippen LogP contribution in [0.3, 0.4) is 0 Å². The summed E-state index contributed by atoms with van der Waals surface area (Å²) >= 11 is 3.30. The summed E-state index contributed by atoms with van der Waals surface area (Å²) in [5.74, 6) is 0. The maximum atomic E-state index is 5.59. The van der Waals surface area contributed by atoms with E-state index >= 15 is 0 Å². The molecule has 1 aliphatic rings. The second kappa shape index (κ2) is 7.20. The van der Waals surface area contributed by atoms with Crippen LogP contribution >= 0.6 is 23.1 Å². The second-order valence-electron chi connectivity index (χ2n) is 4.94. The fourth-order valence-electron chi connectivity index (χ4n) is 2.17. The van der Waals surface area contributed by atoms with Crippen molar-refractivity contribution in [3.05, 3.63) is 30.1 Å². The van der Waals surface area contributed by atoms with Crippen LogP contribution in [0.2, 0.25) is 0 Å². The van der Waals surface area contributed by atoms with Gasteiger partial charge in [0.1, 0.15) is 0 Å². The van der Waals surface area contributed by atoms with Gasteiger partial charge in [0.2, 0.25) is 5.13 Å². The lowest BCUT2D eigenvalue weighted by atomic mass is 10.2. The van der Waals surface area contributed by atoms with E-state index in [4.69, 9.17) is 4.74 Å². The fraction of sp³-hybridized carbons (Fsp3) is 0.500. The van der Waals surface area contributed by atoms with Gasteiger partial charge in [-0.2, -0.15) is 0 Å². The maximum absolute atomic E-state index is 5.59. The monoisotopic (exact) mass is 322 g/mol. The van der Waals surface area contributed by atoms with E-state index in [1.807, 2.05) is 12.3 Å². The van der Waals surface area contributed by atoms with E-state index in [0.717, 1.165) is 35.5 Å². The number of pyridine rings is 1. The van der Waals surface area contributed by atoms with E-state index < -0.39 is 0 Å². The largest absolute Gasteiger partial charge is 0.376 e. The third-order valence-corrected chi connectivity index (χ3v) is 5.47.